The van der Waals surface area contributed by atoms with Crippen LogP contribution in [0.1, 0.15) is 68.2 Å². The van der Waals surface area contributed by atoms with Crippen molar-refractivity contribution < 1.29 is 0 Å². The van der Waals surface area contributed by atoms with Crippen molar-refractivity contribution in [3.63, 3.8) is 0 Å². The predicted molar refractivity (Wildman–Crippen MR) is 296 cm³/mol. The van der Waals surface area contributed by atoms with Gasteiger partial charge in [-0.2, -0.15) is 9.36 Å². The van der Waals surface area contributed by atoms with Crippen molar-refractivity contribution in [1.29, 1.82) is 0 Å². The van der Waals surface area contributed by atoms with Crippen LogP contribution in [0.5, 0.6) is 0 Å². The van der Waals surface area contributed by atoms with E-state index in [2.05, 4.69) is 280 Å². The first-order chi connectivity index (χ1) is 35.2. The van der Waals surface area contributed by atoms with E-state index in [9.17, 15) is 0 Å². The SMILES string of the molecule is Cc1cccc(C)c1-n1nnnc1[C@@H](c1ccc(Br)cc1)N1CCN(C/C=C/c2ccccc2)CC1.Cc1cccc(C)c1-n1nnnc1[C@H](c1ccc(Br)cc1)N1CCN(C/C=C/c2ccccc2)CC1. The van der Waals surface area contributed by atoms with Crippen molar-refractivity contribution in [1.82, 2.24) is 60.0 Å². The Labute approximate surface area is 440 Å². The molecule has 2 fully saturated rings. The van der Waals surface area contributed by atoms with Crippen LogP contribution in [0.3, 0.4) is 0 Å². The highest BCUT2D eigenvalue weighted by Gasteiger charge is 2.33. The van der Waals surface area contributed by atoms with Crippen molar-refractivity contribution >= 4 is 44.0 Å². The normalized spacial score (nSPS) is 16.0. The van der Waals surface area contributed by atoms with Crippen molar-refractivity contribution in [2.24, 2.45) is 0 Å². The Balaban J connectivity index is 0.000000178. The minimum absolute atomic E-state index is 0.0332. The van der Waals surface area contributed by atoms with Gasteiger partial charge in [0.25, 0.3) is 0 Å². The fraction of sp³-hybridized carbons (Fsp3) is 0.276. The molecule has 4 heterocycles. The van der Waals surface area contributed by atoms with Crippen LogP contribution in [-0.2, 0) is 0 Å². The number of tetrazole rings is 2. The third-order valence-corrected chi connectivity index (χ3v) is 14.7. The number of para-hydroxylation sites is 2. The van der Waals surface area contributed by atoms with E-state index in [1.54, 1.807) is 0 Å². The van der Waals surface area contributed by atoms with E-state index in [0.29, 0.717) is 0 Å². The van der Waals surface area contributed by atoms with Crippen molar-refractivity contribution in [2.45, 2.75) is 39.8 Å². The summed E-state index contributed by atoms with van der Waals surface area (Å²) in [6.45, 7) is 18.1. The van der Waals surface area contributed by atoms with Crippen LogP contribution in [0.4, 0.5) is 0 Å². The molecule has 0 aliphatic carbocycles. The molecule has 72 heavy (non-hydrogen) atoms. The topological polar surface area (TPSA) is 100 Å². The lowest BCUT2D eigenvalue weighted by atomic mass is 10.0. The summed E-state index contributed by atoms with van der Waals surface area (Å²) < 4.78 is 6.00. The maximum atomic E-state index is 4.58. The first-order valence-electron chi connectivity index (χ1n) is 24.8. The van der Waals surface area contributed by atoms with Gasteiger partial charge in [0.1, 0.15) is 0 Å². The van der Waals surface area contributed by atoms with Gasteiger partial charge in [-0.25, -0.2) is 0 Å². The van der Waals surface area contributed by atoms with Gasteiger partial charge in [-0.1, -0.05) is 177 Å². The Morgan fingerprint density at radius 2 is 0.778 bits per heavy atom. The molecule has 368 valence electrons. The number of piperazine rings is 2. The van der Waals surface area contributed by atoms with Gasteiger partial charge in [-0.3, -0.25) is 19.6 Å². The Bertz CT molecular complexity index is 2780. The average molecular weight is 1090 g/mol. The summed E-state index contributed by atoms with van der Waals surface area (Å²) in [5, 5.41) is 26.3. The summed E-state index contributed by atoms with van der Waals surface area (Å²) in [6.07, 6.45) is 8.93. The third kappa shape index (κ3) is 12.5. The highest BCUT2D eigenvalue weighted by molar-refractivity contribution is 9.10. The van der Waals surface area contributed by atoms with Gasteiger partial charge in [0.15, 0.2) is 11.6 Å². The van der Waals surface area contributed by atoms with E-state index in [0.717, 1.165) is 120 Å². The molecule has 2 saturated heterocycles. The minimum atomic E-state index is -0.0332. The summed E-state index contributed by atoms with van der Waals surface area (Å²) in [6, 6.07) is 50.6. The van der Waals surface area contributed by atoms with Crippen LogP contribution >= 0.6 is 31.9 Å². The summed E-state index contributed by atoms with van der Waals surface area (Å²) >= 11 is 7.17. The van der Waals surface area contributed by atoms with E-state index in [1.807, 2.05) is 9.36 Å². The first kappa shape index (κ1) is 50.7. The first-order valence-corrected chi connectivity index (χ1v) is 26.4. The monoisotopic (exact) mass is 1080 g/mol. The second-order valence-corrected chi connectivity index (χ2v) is 20.4. The highest BCUT2D eigenvalue weighted by Crippen LogP contribution is 2.34. The molecule has 0 radical (unpaired) electrons. The van der Waals surface area contributed by atoms with Gasteiger partial charge >= 0.3 is 0 Å². The van der Waals surface area contributed by atoms with Crippen LogP contribution in [0.2, 0.25) is 0 Å². The summed E-state index contributed by atoms with van der Waals surface area (Å²) in [5.74, 6) is 1.71. The average Bonchev–Trinajstić information content (AvgIpc) is 4.07. The second kappa shape index (κ2) is 24.4. The van der Waals surface area contributed by atoms with Crippen LogP contribution in [0.15, 0.2) is 167 Å². The second-order valence-electron chi connectivity index (χ2n) is 18.6. The molecular weight excluding hydrogens is 1020 g/mol. The van der Waals surface area contributed by atoms with Crippen LogP contribution < -0.4 is 0 Å². The molecule has 0 amide bonds. The largest absolute Gasteiger partial charge is 0.297 e. The Morgan fingerprint density at radius 3 is 1.12 bits per heavy atom. The van der Waals surface area contributed by atoms with Crippen molar-refractivity contribution in [3.8, 4) is 11.4 Å². The van der Waals surface area contributed by atoms with Gasteiger partial charge in [-0.05, 0) is 117 Å². The van der Waals surface area contributed by atoms with Crippen molar-refractivity contribution in [3.05, 3.63) is 223 Å². The fourth-order valence-corrected chi connectivity index (χ4v) is 10.4. The Hall–Kier alpha value is -6.26. The standard InChI is InChI=1S/2C29H31BrN6/c2*1-22-8-6-9-23(2)27(22)36-29(31-32-33-36)28(25-13-15-26(30)16-14-25)35-20-18-34(19-21-35)17-7-12-24-10-4-3-5-11-24/h2*3-16,28H,17-21H2,1-2H3/b2*12-7+/t2*28-/m10/s1. The summed E-state index contributed by atoms with van der Waals surface area (Å²) in [7, 11) is 0. The quantitative estimate of drug-likeness (QED) is 0.105. The molecule has 2 aliphatic rings. The molecule has 0 saturated carbocycles. The number of halogens is 2. The number of rotatable bonds is 14. The molecule has 0 N–H and O–H groups in total. The minimum Gasteiger partial charge on any atom is -0.297 e. The van der Waals surface area contributed by atoms with E-state index in [1.165, 1.54) is 22.3 Å². The molecule has 2 aliphatic heterocycles. The molecule has 2 atom stereocenters. The molecule has 8 aromatic rings. The van der Waals surface area contributed by atoms with Gasteiger partial charge in [0.2, 0.25) is 0 Å². The Kier molecular flexibility index (Phi) is 17.2. The van der Waals surface area contributed by atoms with Crippen molar-refractivity contribution in [2.75, 3.05) is 65.4 Å². The van der Waals surface area contributed by atoms with E-state index < -0.39 is 0 Å². The number of aryl methyl sites for hydroxylation is 4. The molecule has 6 aromatic carbocycles. The lowest BCUT2D eigenvalue weighted by Crippen LogP contribution is -2.48. The van der Waals surface area contributed by atoms with Gasteiger partial charge in [0, 0.05) is 74.4 Å². The van der Waals surface area contributed by atoms with Crippen LogP contribution in [0.25, 0.3) is 23.5 Å². The molecule has 0 unspecified atom stereocenters. The van der Waals surface area contributed by atoms with E-state index >= 15 is 0 Å². The number of nitrogens with zero attached hydrogens (tertiary/aromatic N) is 12. The molecule has 0 spiro atoms. The zero-order chi connectivity index (χ0) is 49.8. The summed E-state index contributed by atoms with van der Waals surface area (Å²) in [4.78, 5) is 10.0. The van der Waals surface area contributed by atoms with Gasteiger partial charge in [-0.15, -0.1) is 10.2 Å². The maximum absolute atomic E-state index is 4.58. The third-order valence-electron chi connectivity index (χ3n) is 13.6. The van der Waals surface area contributed by atoms with Crippen LogP contribution in [0, 0.1) is 27.7 Å². The van der Waals surface area contributed by atoms with Gasteiger partial charge < -0.3 is 0 Å². The highest BCUT2D eigenvalue weighted by atomic mass is 79.9. The fourth-order valence-electron chi connectivity index (χ4n) is 9.88. The Morgan fingerprint density at radius 1 is 0.431 bits per heavy atom. The smallest absolute Gasteiger partial charge is 0.178 e. The number of hydrogen-bond acceptors (Lipinski definition) is 10. The zero-order valence-electron chi connectivity index (χ0n) is 41.5. The molecular formula is C58H62Br2N12. The van der Waals surface area contributed by atoms with E-state index in [4.69, 9.17) is 0 Å². The molecule has 0 bridgehead atoms. The summed E-state index contributed by atoms with van der Waals surface area (Å²) in [5.41, 5.74) is 11.6. The number of benzene rings is 6. The molecule has 2 aromatic heterocycles. The zero-order valence-corrected chi connectivity index (χ0v) is 44.7. The molecule has 14 heteroatoms. The lowest BCUT2D eigenvalue weighted by molar-refractivity contribution is 0.113. The lowest BCUT2D eigenvalue weighted by Gasteiger charge is -2.38. The number of aromatic nitrogens is 8. The molecule has 10 rings (SSSR count). The molecule has 12 nitrogen and oxygen atoms in total. The predicted octanol–water partition coefficient (Wildman–Crippen LogP) is 10.9. The number of hydrogen-bond donors (Lipinski definition) is 0. The van der Waals surface area contributed by atoms with E-state index in [-0.39, 0.29) is 12.1 Å². The maximum Gasteiger partial charge on any atom is 0.178 e. The van der Waals surface area contributed by atoms with Gasteiger partial charge in [0.05, 0.1) is 23.5 Å². The van der Waals surface area contributed by atoms with Crippen LogP contribution in [-0.4, -0.2) is 125 Å².